The fourth-order valence-electron chi connectivity index (χ4n) is 2.55. The van der Waals surface area contributed by atoms with Crippen LogP contribution < -0.4 is 10.6 Å². The van der Waals surface area contributed by atoms with E-state index in [9.17, 15) is 9.59 Å². The van der Waals surface area contributed by atoms with Crippen molar-refractivity contribution in [2.45, 2.75) is 38.1 Å². The Morgan fingerprint density at radius 2 is 1.91 bits per heavy atom. The minimum absolute atomic E-state index is 0.165. The lowest BCUT2D eigenvalue weighted by molar-refractivity contribution is -0.135. The number of rotatable bonds is 5. The predicted molar refractivity (Wildman–Crippen MR) is 92.9 cm³/mol. The largest absolute Gasteiger partial charge is 0.466 e. The molecule has 1 aliphatic carbocycles. The Morgan fingerprint density at radius 1 is 1.22 bits per heavy atom. The number of ether oxygens (including phenoxy) is 1. The highest BCUT2D eigenvalue weighted by Crippen LogP contribution is 2.23. The minimum Gasteiger partial charge on any atom is -0.466 e. The van der Waals surface area contributed by atoms with Gasteiger partial charge in [0, 0.05) is 10.5 Å². The number of carbonyl (C=O) groups is 2. The van der Waals surface area contributed by atoms with Crippen LogP contribution in [0.5, 0.6) is 0 Å². The van der Waals surface area contributed by atoms with Crippen LogP contribution in [0.15, 0.2) is 40.5 Å². The Labute approximate surface area is 144 Å². The second-order valence-corrected chi connectivity index (χ2v) is 6.35. The van der Waals surface area contributed by atoms with E-state index in [1.54, 1.807) is 0 Å². The van der Waals surface area contributed by atoms with Crippen molar-refractivity contribution in [2.24, 2.45) is 0 Å². The third-order valence-corrected chi connectivity index (χ3v) is 4.48. The van der Waals surface area contributed by atoms with Gasteiger partial charge in [0.2, 0.25) is 0 Å². The minimum atomic E-state index is -0.571. The number of amides is 1. The van der Waals surface area contributed by atoms with Gasteiger partial charge in [0.15, 0.2) is 0 Å². The smallest absolute Gasteiger partial charge is 0.332 e. The number of hydrogen-bond acceptors (Lipinski definition) is 4. The van der Waals surface area contributed by atoms with Crippen LogP contribution in [0, 0.1) is 0 Å². The first-order chi connectivity index (χ1) is 11.1. The van der Waals surface area contributed by atoms with Crippen LogP contribution in [0.3, 0.4) is 0 Å². The summed E-state index contributed by atoms with van der Waals surface area (Å²) in [6.07, 6.45) is 6.60. The molecule has 0 spiro atoms. The first kappa shape index (κ1) is 17.5. The van der Waals surface area contributed by atoms with Gasteiger partial charge in [-0.05, 0) is 40.9 Å². The summed E-state index contributed by atoms with van der Waals surface area (Å²) < 4.78 is 5.45. The van der Waals surface area contributed by atoms with E-state index in [1.165, 1.54) is 19.6 Å². The fourth-order valence-corrected chi connectivity index (χ4v) is 2.94. The Hall–Kier alpha value is -1.82. The van der Waals surface area contributed by atoms with Crippen molar-refractivity contribution in [3.05, 3.63) is 40.5 Å². The average molecular weight is 381 g/mol. The molecule has 23 heavy (non-hydrogen) atoms. The first-order valence-corrected chi connectivity index (χ1v) is 8.51. The van der Waals surface area contributed by atoms with Crippen molar-refractivity contribution in [3.8, 4) is 0 Å². The molecule has 1 amide bonds. The molecule has 2 rings (SSSR count). The van der Waals surface area contributed by atoms with Gasteiger partial charge < -0.3 is 15.4 Å². The van der Waals surface area contributed by atoms with Crippen LogP contribution in [0.1, 0.15) is 32.1 Å². The SMILES string of the molecule is COC(=O)/C=C(\Nc1ccccc1Br)C(=O)NC1CCCCC1. The standard InChI is InChI=1S/C17H21BrN2O3/c1-23-16(21)11-15(20-14-10-6-5-9-13(14)18)17(22)19-12-7-3-2-4-8-12/h5-6,9-12,20H,2-4,7-8H2,1H3,(H,19,22)/b15-11-. The molecular formula is C17H21BrN2O3. The normalized spacial score (nSPS) is 15.8. The lowest BCUT2D eigenvalue weighted by Gasteiger charge is -2.23. The molecule has 1 aliphatic rings. The maximum absolute atomic E-state index is 12.5. The number of halogens is 1. The third kappa shape index (κ3) is 5.39. The highest BCUT2D eigenvalue weighted by atomic mass is 79.9. The molecule has 5 nitrogen and oxygen atoms in total. The van der Waals surface area contributed by atoms with Crippen molar-refractivity contribution in [3.63, 3.8) is 0 Å². The van der Waals surface area contributed by atoms with E-state index < -0.39 is 5.97 Å². The van der Waals surface area contributed by atoms with Crippen molar-refractivity contribution in [2.75, 3.05) is 12.4 Å². The zero-order valence-corrected chi connectivity index (χ0v) is 14.7. The summed E-state index contributed by atoms with van der Waals surface area (Å²) in [4.78, 5) is 24.1. The van der Waals surface area contributed by atoms with E-state index in [4.69, 9.17) is 0 Å². The van der Waals surface area contributed by atoms with Gasteiger partial charge in [-0.1, -0.05) is 31.4 Å². The van der Waals surface area contributed by atoms with Gasteiger partial charge in [0.25, 0.3) is 5.91 Å². The van der Waals surface area contributed by atoms with Gasteiger partial charge in [0.1, 0.15) is 5.70 Å². The number of methoxy groups -OCH3 is 1. The number of para-hydroxylation sites is 1. The van der Waals surface area contributed by atoms with Crippen LogP contribution in [0.25, 0.3) is 0 Å². The van der Waals surface area contributed by atoms with Crippen LogP contribution in [0.2, 0.25) is 0 Å². The molecule has 0 unspecified atom stereocenters. The molecule has 0 radical (unpaired) electrons. The molecule has 0 bridgehead atoms. The van der Waals surface area contributed by atoms with E-state index in [-0.39, 0.29) is 17.6 Å². The second kappa shape index (κ2) is 8.72. The van der Waals surface area contributed by atoms with E-state index in [0.717, 1.165) is 30.2 Å². The Kier molecular flexibility index (Phi) is 6.65. The number of esters is 1. The summed E-state index contributed by atoms with van der Waals surface area (Å²) in [6, 6.07) is 7.57. The van der Waals surface area contributed by atoms with E-state index in [2.05, 4.69) is 31.3 Å². The highest BCUT2D eigenvalue weighted by Gasteiger charge is 2.19. The Balaban J connectivity index is 2.13. The summed E-state index contributed by atoms with van der Waals surface area (Å²) in [6.45, 7) is 0. The summed E-state index contributed by atoms with van der Waals surface area (Å²) in [5.74, 6) is -0.864. The zero-order valence-electron chi connectivity index (χ0n) is 13.1. The van der Waals surface area contributed by atoms with Gasteiger partial charge >= 0.3 is 5.97 Å². The van der Waals surface area contributed by atoms with E-state index in [0.29, 0.717) is 5.69 Å². The van der Waals surface area contributed by atoms with Gasteiger partial charge in [-0.25, -0.2) is 4.79 Å². The Morgan fingerprint density at radius 3 is 2.57 bits per heavy atom. The maximum atomic E-state index is 12.5. The lowest BCUT2D eigenvalue weighted by atomic mass is 9.95. The number of hydrogen-bond donors (Lipinski definition) is 2. The van der Waals surface area contributed by atoms with Crippen molar-refractivity contribution in [1.29, 1.82) is 0 Å². The summed E-state index contributed by atoms with van der Waals surface area (Å²) >= 11 is 3.42. The third-order valence-electron chi connectivity index (χ3n) is 3.79. The first-order valence-electron chi connectivity index (χ1n) is 7.72. The lowest BCUT2D eigenvalue weighted by Crippen LogP contribution is -2.38. The molecule has 0 saturated heterocycles. The molecule has 1 aromatic carbocycles. The summed E-state index contributed by atoms with van der Waals surface area (Å²) in [7, 11) is 1.29. The Bertz CT molecular complexity index is 595. The van der Waals surface area contributed by atoms with Crippen LogP contribution in [0.4, 0.5) is 5.69 Å². The fraction of sp³-hybridized carbons (Fsp3) is 0.412. The van der Waals surface area contributed by atoms with Gasteiger partial charge in [-0.2, -0.15) is 0 Å². The summed E-state index contributed by atoms with van der Waals surface area (Å²) in [5.41, 5.74) is 0.885. The predicted octanol–water partition coefficient (Wildman–Crippen LogP) is 3.37. The topological polar surface area (TPSA) is 67.4 Å². The van der Waals surface area contributed by atoms with Gasteiger partial charge in [-0.3, -0.25) is 4.79 Å². The zero-order chi connectivity index (χ0) is 16.7. The number of carbonyl (C=O) groups excluding carboxylic acids is 2. The molecule has 0 aromatic heterocycles. The molecule has 0 aliphatic heterocycles. The number of benzene rings is 1. The molecule has 1 aromatic rings. The van der Waals surface area contributed by atoms with Crippen LogP contribution >= 0.6 is 15.9 Å². The van der Waals surface area contributed by atoms with Gasteiger partial charge in [0.05, 0.1) is 18.9 Å². The molecule has 2 N–H and O–H groups in total. The molecule has 124 valence electrons. The monoisotopic (exact) mass is 380 g/mol. The molecule has 0 heterocycles. The van der Waals surface area contributed by atoms with Crippen molar-refractivity contribution < 1.29 is 14.3 Å². The van der Waals surface area contributed by atoms with Gasteiger partial charge in [-0.15, -0.1) is 0 Å². The maximum Gasteiger partial charge on any atom is 0.332 e. The van der Waals surface area contributed by atoms with E-state index in [1.807, 2.05) is 24.3 Å². The second-order valence-electron chi connectivity index (χ2n) is 5.49. The molecule has 6 heteroatoms. The molecular weight excluding hydrogens is 360 g/mol. The summed E-state index contributed by atoms with van der Waals surface area (Å²) in [5, 5.41) is 6.00. The average Bonchev–Trinajstić information content (AvgIpc) is 2.56. The number of anilines is 1. The van der Waals surface area contributed by atoms with Crippen molar-refractivity contribution >= 4 is 33.5 Å². The highest BCUT2D eigenvalue weighted by molar-refractivity contribution is 9.10. The molecule has 1 saturated carbocycles. The quantitative estimate of drug-likeness (QED) is 0.606. The molecule has 0 atom stereocenters. The van der Waals surface area contributed by atoms with Crippen LogP contribution in [-0.4, -0.2) is 25.0 Å². The van der Waals surface area contributed by atoms with Crippen LogP contribution in [-0.2, 0) is 14.3 Å². The number of nitrogens with one attached hydrogen (secondary N) is 2. The van der Waals surface area contributed by atoms with E-state index >= 15 is 0 Å². The van der Waals surface area contributed by atoms with Crippen molar-refractivity contribution in [1.82, 2.24) is 5.32 Å². The molecule has 1 fully saturated rings.